The number of ether oxygens (including phenoxy) is 1. The average Bonchev–Trinajstić information content (AvgIpc) is 2.16. The molecule has 78 valence electrons. The first kappa shape index (κ1) is 10.9. The molecule has 0 amide bonds. The van der Waals surface area contributed by atoms with Crippen molar-refractivity contribution in [2.75, 3.05) is 18.5 Å². The average molecular weight is 195 g/mol. The van der Waals surface area contributed by atoms with Crippen molar-refractivity contribution in [2.45, 2.75) is 20.0 Å². The summed E-state index contributed by atoms with van der Waals surface area (Å²) in [5.74, 6) is 0.870. The summed E-state index contributed by atoms with van der Waals surface area (Å²) in [6.45, 7) is 4.71. The highest BCUT2D eigenvalue weighted by Crippen LogP contribution is 2.16. The number of nitrogens with one attached hydrogen (secondary N) is 1. The molecule has 1 rings (SSSR count). The van der Waals surface area contributed by atoms with Crippen molar-refractivity contribution in [3.8, 4) is 5.75 Å². The fourth-order valence-corrected chi connectivity index (χ4v) is 1.12. The van der Waals surface area contributed by atoms with Crippen LogP contribution < -0.4 is 10.1 Å². The lowest BCUT2D eigenvalue weighted by Crippen LogP contribution is -2.07. The lowest BCUT2D eigenvalue weighted by atomic mass is 10.3. The van der Waals surface area contributed by atoms with Gasteiger partial charge in [-0.25, -0.2) is 0 Å². The van der Waals surface area contributed by atoms with E-state index in [0.717, 1.165) is 11.4 Å². The van der Waals surface area contributed by atoms with Gasteiger partial charge in [0.1, 0.15) is 5.75 Å². The molecule has 0 saturated carbocycles. The first-order valence-electron chi connectivity index (χ1n) is 4.84. The number of hydrogen-bond donors (Lipinski definition) is 2. The topological polar surface area (TPSA) is 41.5 Å². The molecule has 3 heteroatoms. The summed E-state index contributed by atoms with van der Waals surface area (Å²) in [5, 5.41) is 11.7. The van der Waals surface area contributed by atoms with Crippen LogP contribution >= 0.6 is 0 Å². The molecule has 0 aliphatic heterocycles. The Balaban J connectivity index is 2.50. The van der Waals surface area contributed by atoms with Gasteiger partial charge in [0.05, 0.1) is 12.7 Å². The molecule has 0 aromatic heterocycles. The van der Waals surface area contributed by atoms with Crippen LogP contribution in [-0.4, -0.2) is 24.4 Å². The molecule has 0 fully saturated rings. The zero-order valence-electron chi connectivity index (χ0n) is 8.66. The van der Waals surface area contributed by atoms with Crippen LogP contribution in [0.4, 0.5) is 5.69 Å². The third-order valence-electron chi connectivity index (χ3n) is 1.67. The predicted molar refractivity (Wildman–Crippen MR) is 57.8 cm³/mol. The minimum absolute atomic E-state index is 0.143. The van der Waals surface area contributed by atoms with E-state index in [2.05, 4.69) is 5.32 Å². The first-order valence-corrected chi connectivity index (χ1v) is 4.84. The number of anilines is 1. The predicted octanol–water partition coefficient (Wildman–Crippen LogP) is 1.88. The summed E-state index contributed by atoms with van der Waals surface area (Å²) < 4.78 is 5.50. The van der Waals surface area contributed by atoms with Gasteiger partial charge in [0, 0.05) is 12.2 Å². The highest BCUT2D eigenvalue weighted by molar-refractivity contribution is 5.46. The van der Waals surface area contributed by atoms with Crippen LogP contribution in [0.3, 0.4) is 0 Å². The van der Waals surface area contributed by atoms with E-state index in [9.17, 15) is 0 Å². The molecule has 1 aromatic rings. The van der Waals surface area contributed by atoms with E-state index < -0.39 is 0 Å². The first-order chi connectivity index (χ1) is 6.72. The van der Waals surface area contributed by atoms with Crippen molar-refractivity contribution in [2.24, 2.45) is 0 Å². The Morgan fingerprint density at radius 1 is 1.29 bits per heavy atom. The molecule has 0 atom stereocenters. The fourth-order valence-electron chi connectivity index (χ4n) is 1.12. The van der Waals surface area contributed by atoms with Gasteiger partial charge in [0.2, 0.25) is 0 Å². The summed E-state index contributed by atoms with van der Waals surface area (Å²) in [4.78, 5) is 0. The highest BCUT2D eigenvalue weighted by atomic mass is 16.5. The van der Waals surface area contributed by atoms with E-state index in [1.807, 2.05) is 38.1 Å². The van der Waals surface area contributed by atoms with Gasteiger partial charge in [-0.05, 0) is 38.1 Å². The van der Waals surface area contributed by atoms with Crippen molar-refractivity contribution in [3.63, 3.8) is 0 Å². The summed E-state index contributed by atoms with van der Waals surface area (Å²) in [6.07, 6.45) is 0.200. The summed E-state index contributed by atoms with van der Waals surface area (Å²) in [5.41, 5.74) is 0.996. The second-order valence-corrected chi connectivity index (χ2v) is 3.34. The molecular formula is C11H17NO2. The Hall–Kier alpha value is -1.22. The summed E-state index contributed by atoms with van der Waals surface area (Å²) in [7, 11) is 0. The number of hydrogen-bond acceptors (Lipinski definition) is 3. The van der Waals surface area contributed by atoms with Crippen LogP contribution in [-0.2, 0) is 0 Å². The quantitative estimate of drug-likeness (QED) is 0.753. The normalized spacial score (nSPS) is 10.3. The van der Waals surface area contributed by atoms with E-state index in [4.69, 9.17) is 9.84 Å². The number of aliphatic hydroxyl groups excluding tert-OH is 1. The molecule has 0 aliphatic carbocycles. The van der Waals surface area contributed by atoms with E-state index in [-0.39, 0.29) is 12.7 Å². The highest BCUT2D eigenvalue weighted by Gasteiger charge is 1.96. The smallest absolute Gasteiger partial charge is 0.119 e. The molecule has 0 saturated heterocycles. The summed E-state index contributed by atoms with van der Waals surface area (Å²) >= 11 is 0. The maximum atomic E-state index is 8.61. The van der Waals surface area contributed by atoms with E-state index in [0.29, 0.717) is 6.54 Å². The molecule has 14 heavy (non-hydrogen) atoms. The molecule has 3 nitrogen and oxygen atoms in total. The molecular weight excluding hydrogens is 178 g/mol. The van der Waals surface area contributed by atoms with Gasteiger partial charge in [-0.1, -0.05) is 0 Å². The lowest BCUT2D eigenvalue weighted by molar-refractivity contribution is 0.242. The van der Waals surface area contributed by atoms with Gasteiger partial charge in [0.15, 0.2) is 0 Å². The zero-order valence-corrected chi connectivity index (χ0v) is 8.66. The van der Waals surface area contributed by atoms with Crippen molar-refractivity contribution in [3.05, 3.63) is 24.3 Å². The van der Waals surface area contributed by atoms with Crippen molar-refractivity contribution in [1.82, 2.24) is 0 Å². The van der Waals surface area contributed by atoms with Crippen LogP contribution in [0.1, 0.15) is 13.8 Å². The van der Waals surface area contributed by atoms with Gasteiger partial charge < -0.3 is 15.2 Å². The number of benzene rings is 1. The third-order valence-corrected chi connectivity index (χ3v) is 1.67. The number of aliphatic hydroxyl groups is 1. The molecule has 1 aromatic carbocycles. The van der Waals surface area contributed by atoms with E-state index >= 15 is 0 Å². The zero-order chi connectivity index (χ0) is 10.4. The minimum Gasteiger partial charge on any atom is -0.491 e. The number of rotatable bonds is 5. The van der Waals surface area contributed by atoms with E-state index in [1.54, 1.807) is 0 Å². The molecule has 2 N–H and O–H groups in total. The van der Waals surface area contributed by atoms with Crippen molar-refractivity contribution >= 4 is 5.69 Å². The second-order valence-electron chi connectivity index (χ2n) is 3.34. The standard InChI is InChI=1S/C11H17NO2/c1-9(2)14-11-5-3-10(4-6-11)12-7-8-13/h3-6,9,12-13H,7-8H2,1-2H3. The van der Waals surface area contributed by atoms with Crippen LogP contribution in [0.25, 0.3) is 0 Å². The van der Waals surface area contributed by atoms with Crippen LogP contribution in [0.5, 0.6) is 5.75 Å². The minimum atomic E-state index is 0.143. The Morgan fingerprint density at radius 2 is 1.93 bits per heavy atom. The van der Waals surface area contributed by atoms with Crippen molar-refractivity contribution < 1.29 is 9.84 Å². The molecule has 0 radical (unpaired) electrons. The molecule has 0 heterocycles. The van der Waals surface area contributed by atoms with Crippen LogP contribution in [0, 0.1) is 0 Å². The van der Waals surface area contributed by atoms with Crippen molar-refractivity contribution in [1.29, 1.82) is 0 Å². The molecule has 0 aliphatic rings. The Morgan fingerprint density at radius 3 is 2.43 bits per heavy atom. The molecule has 0 unspecified atom stereocenters. The lowest BCUT2D eigenvalue weighted by Gasteiger charge is -2.10. The third kappa shape index (κ3) is 3.66. The Labute approximate surface area is 84.7 Å². The maximum absolute atomic E-state index is 8.61. The Bertz CT molecular complexity index is 256. The Kier molecular flexibility index (Phi) is 4.26. The van der Waals surface area contributed by atoms with Gasteiger partial charge in [-0.15, -0.1) is 0 Å². The van der Waals surface area contributed by atoms with Crippen LogP contribution in [0.15, 0.2) is 24.3 Å². The van der Waals surface area contributed by atoms with Gasteiger partial charge in [-0.3, -0.25) is 0 Å². The van der Waals surface area contributed by atoms with Gasteiger partial charge in [0.25, 0.3) is 0 Å². The van der Waals surface area contributed by atoms with E-state index in [1.165, 1.54) is 0 Å². The second kappa shape index (κ2) is 5.50. The van der Waals surface area contributed by atoms with Gasteiger partial charge in [-0.2, -0.15) is 0 Å². The molecule has 0 bridgehead atoms. The van der Waals surface area contributed by atoms with Gasteiger partial charge >= 0.3 is 0 Å². The maximum Gasteiger partial charge on any atom is 0.119 e. The monoisotopic (exact) mass is 195 g/mol. The molecule has 0 spiro atoms. The summed E-state index contributed by atoms with van der Waals surface area (Å²) in [6, 6.07) is 7.71. The fraction of sp³-hybridized carbons (Fsp3) is 0.455. The van der Waals surface area contributed by atoms with Crippen LogP contribution in [0.2, 0.25) is 0 Å². The SMILES string of the molecule is CC(C)Oc1ccc(NCCO)cc1. The largest absolute Gasteiger partial charge is 0.491 e.